The van der Waals surface area contributed by atoms with Crippen LogP contribution < -0.4 is 5.32 Å². The van der Waals surface area contributed by atoms with Crippen LogP contribution in [0.3, 0.4) is 0 Å². The number of aliphatic hydroxyl groups excluding tert-OH is 1. The molecule has 32 heavy (non-hydrogen) atoms. The van der Waals surface area contributed by atoms with E-state index in [0.29, 0.717) is 23.1 Å². The topological polar surface area (TPSA) is 84.8 Å². The number of phenols is 1. The van der Waals surface area contributed by atoms with Crippen molar-refractivity contribution in [2.24, 2.45) is 0 Å². The number of phenolic OH excluding ortho intramolecular Hbond substituents is 1. The Morgan fingerprint density at radius 3 is 2.50 bits per heavy atom. The van der Waals surface area contributed by atoms with Gasteiger partial charge in [0.05, 0.1) is 17.4 Å². The fraction of sp³-hybridized carbons (Fsp3) is 0.545. The number of β-amino-alcohol motifs (C(OH)–C–C–N with tert-alkyl or cyclic N) is 1. The SMILES string of the molecule is Cc1cc(N[C@@H]2CCCN(CCN3CC(O)C3)C2)nnc1-c1ccc(C(F)(F)F)cc1O. The molecule has 2 fully saturated rings. The highest BCUT2D eigenvalue weighted by Gasteiger charge is 2.31. The van der Waals surface area contributed by atoms with E-state index < -0.39 is 17.5 Å². The number of hydrogen-bond donors (Lipinski definition) is 3. The molecule has 2 aromatic rings. The highest BCUT2D eigenvalue weighted by atomic mass is 19.4. The Hall–Kier alpha value is -2.43. The zero-order chi connectivity index (χ0) is 22.9. The number of hydrogen-bond acceptors (Lipinski definition) is 7. The molecule has 0 spiro atoms. The van der Waals surface area contributed by atoms with Crippen LogP contribution in [-0.4, -0.2) is 81.6 Å². The minimum atomic E-state index is -4.52. The van der Waals surface area contributed by atoms with Crippen molar-refractivity contribution in [1.29, 1.82) is 0 Å². The van der Waals surface area contributed by atoms with E-state index in [0.717, 1.165) is 58.2 Å². The van der Waals surface area contributed by atoms with Crippen molar-refractivity contribution in [1.82, 2.24) is 20.0 Å². The van der Waals surface area contributed by atoms with Crippen LogP contribution >= 0.6 is 0 Å². The van der Waals surface area contributed by atoms with E-state index in [2.05, 4.69) is 25.3 Å². The van der Waals surface area contributed by atoms with Crippen molar-refractivity contribution in [2.75, 3.05) is 44.6 Å². The molecule has 0 saturated carbocycles. The summed E-state index contributed by atoms with van der Waals surface area (Å²) in [5.41, 5.74) is 0.370. The first-order valence-electron chi connectivity index (χ1n) is 10.8. The first-order valence-corrected chi connectivity index (χ1v) is 10.8. The quantitative estimate of drug-likeness (QED) is 0.623. The maximum atomic E-state index is 12.8. The van der Waals surface area contributed by atoms with Crippen molar-refractivity contribution in [3.05, 3.63) is 35.4 Å². The van der Waals surface area contributed by atoms with E-state index in [9.17, 15) is 23.4 Å². The van der Waals surface area contributed by atoms with Gasteiger partial charge in [-0.25, -0.2) is 0 Å². The van der Waals surface area contributed by atoms with Crippen LogP contribution in [0.4, 0.5) is 19.0 Å². The Bertz CT molecular complexity index is 950. The fourth-order valence-corrected chi connectivity index (χ4v) is 4.32. The van der Waals surface area contributed by atoms with Gasteiger partial charge in [-0.1, -0.05) is 0 Å². The average molecular weight is 451 g/mol. The summed E-state index contributed by atoms with van der Waals surface area (Å²) in [4.78, 5) is 4.65. The number of benzene rings is 1. The third-order valence-corrected chi connectivity index (χ3v) is 6.09. The van der Waals surface area contributed by atoms with Crippen molar-refractivity contribution < 1.29 is 23.4 Å². The Labute approximate surface area is 184 Å². The van der Waals surface area contributed by atoms with Crippen LogP contribution in [0.1, 0.15) is 24.0 Å². The van der Waals surface area contributed by atoms with Gasteiger partial charge in [-0.3, -0.25) is 4.90 Å². The molecule has 1 atom stereocenters. The molecule has 4 rings (SSSR count). The second kappa shape index (κ2) is 9.21. The van der Waals surface area contributed by atoms with E-state index in [1.807, 2.05) is 0 Å². The summed E-state index contributed by atoms with van der Waals surface area (Å²) in [7, 11) is 0. The van der Waals surface area contributed by atoms with Crippen LogP contribution in [0, 0.1) is 6.92 Å². The zero-order valence-corrected chi connectivity index (χ0v) is 17.9. The number of alkyl halides is 3. The van der Waals surface area contributed by atoms with E-state index in [1.54, 1.807) is 13.0 Å². The summed E-state index contributed by atoms with van der Waals surface area (Å²) in [6.45, 7) is 7.15. The molecule has 1 aromatic carbocycles. The second-order valence-electron chi connectivity index (χ2n) is 8.69. The zero-order valence-electron chi connectivity index (χ0n) is 17.9. The van der Waals surface area contributed by atoms with Crippen LogP contribution in [0.2, 0.25) is 0 Å². The molecule has 7 nitrogen and oxygen atoms in total. The van der Waals surface area contributed by atoms with E-state index in [-0.39, 0.29) is 17.7 Å². The molecule has 0 aliphatic carbocycles. The van der Waals surface area contributed by atoms with Crippen LogP contribution in [0.15, 0.2) is 24.3 Å². The molecule has 10 heteroatoms. The van der Waals surface area contributed by atoms with Gasteiger partial charge in [-0.05, 0) is 56.1 Å². The van der Waals surface area contributed by atoms with Gasteiger partial charge in [-0.2, -0.15) is 13.2 Å². The molecule has 0 unspecified atom stereocenters. The van der Waals surface area contributed by atoms with Crippen molar-refractivity contribution in [3.63, 3.8) is 0 Å². The van der Waals surface area contributed by atoms with Gasteiger partial charge in [0.25, 0.3) is 0 Å². The Balaban J connectivity index is 1.38. The summed E-state index contributed by atoms with van der Waals surface area (Å²) < 4.78 is 38.5. The van der Waals surface area contributed by atoms with Crippen molar-refractivity contribution >= 4 is 5.82 Å². The number of aromatic hydroxyl groups is 1. The van der Waals surface area contributed by atoms with E-state index in [4.69, 9.17) is 0 Å². The van der Waals surface area contributed by atoms with Crippen LogP contribution in [0.25, 0.3) is 11.3 Å². The number of nitrogens with zero attached hydrogens (tertiary/aromatic N) is 4. The predicted octanol–water partition coefficient (Wildman–Crippen LogP) is 2.73. The normalized spacial score (nSPS) is 20.8. The number of likely N-dealkylation sites (tertiary alicyclic amines) is 2. The maximum Gasteiger partial charge on any atom is 0.416 e. The Morgan fingerprint density at radius 1 is 1.09 bits per heavy atom. The molecular formula is C22H28F3N5O2. The second-order valence-corrected chi connectivity index (χ2v) is 8.69. The molecule has 174 valence electrons. The maximum absolute atomic E-state index is 12.8. The Morgan fingerprint density at radius 2 is 1.84 bits per heavy atom. The number of aliphatic hydroxyl groups is 1. The van der Waals surface area contributed by atoms with E-state index in [1.165, 1.54) is 6.07 Å². The third kappa shape index (κ3) is 5.31. The average Bonchev–Trinajstić information content (AvgIpc) is 2.70. The number of nitrogens with one attached hydrogen (secondary N) is 1. The summed E-state index contributed by atoms with van der Waals surface area (Å²) in [5, 5.41) is 31.3. The molecular weight excluding hydrogens is 423 g/mol. The first-order chi connectivity index (χ1) is 15.2. The molecule has 0 amide bonds. The van der Waals surface area contributed by atoms with Gasteiger partial charge in [0.15, 0.2) is 0 Å². The van der Waals surface area contributed by atoms with Crippen LogP contribution in [-0.2, 0) is 6.18 Å². The minimum absolute atomic E-state index is 0.181. The lowest BCUT2D eigenvalue weighted by Gasteiger charge is -2.39. The molecule has 1 aromatic heterocycles. The van der Waals surface area contributed by atoms with Gasteiger partial charge in [0, 0.05) is 44.3 Å². The van der Waals surface area contributed by atoms with Crippen molar-refractivity contribution in [2.45, 2.75) is 38.1 Å². The number of anilines is 1. The lowest BCUT2D eigenvalue weighted by molar-refractivity contribution is -0.137. The minimum Gasteiger partial charge on any atom is -0.507 e. The molecule has 3 heterocycles. The molecule has 2 aliphatic heterocycles. The largest absolute Gasteiger partial charge is 0.507 e. The standard InChI is InChI=1S/C22H28F3N5O2/c1-14-9-20(26-16-3-2-6-29(11-16)7-8-30-12-17(31)13-30)27-28-21(14)18-5-4-15(10-19(18)32)22(23,24)25/h4-5,9-10,16-17,31-32H,2-3,6-8,11-13H2,1H3,(H,26,27)/t16-/m1/s1. The summed E-state index contributed by atoms with van der Waals surface area (Å²) >= 11 is 0. The smallest absolute Gasteiger partial charge is 0.416 e. The molecule has 2 aliphatic rings. The van der Waals surface area contributed by atoms with Crippen molar-refractivity contribution in [3.8, 4) is 17.0 Å². The Kier molecular flexibility index (Phi) is 6.55. The van der Waals surface area contributed by atoms with E-state index >= 15 is 0 Å². The summed E-state index contributed by atoms with van der Waals surface area (Å²) in [6, 6.07) is 4.89. The van der Waals surface area contributed by atoms with Gasteiger partial charge in [0.2, 0.25) is 0 Å². The van der Waals surface area contributed by atoms with Gasteiger partial charge in [0.1, 0.15) is 11.6 Å². The van der Waals surface area contributed by atoms with Gasteiger partial charge >= 0.3 is 6.18 Å². The predicted molar refractivity (Wildman–Crippen MR) is 114 cm³/mol. The third-order valence-electron chi connectivity index (χ3n) is 6.09. The van der Waals surface area contributed by atoms with Gasteiger partial charge in [-0.15, -0.1) is 10.2 Å². The highest BCUT2D eigenvalue weighted by molar-refractivity contribution is 5.70. The molecule has 2 saturated heterocycles. The molecule has 0 radical (unpaired) electrons. The molecule has 0 bridgehead atoms. The monoisotopic (exact) mass is 451 g/mol. The lowest BCUT2D eigenvalue weighted by Crippen LogP contribution is -2.54. The lowest BCUT2D eigenvalue weighted by atomic mass is 10.0. The highest BCUT2D eigenvalue weighted by Crippen LogP contribution is 2.36. The first kappa shape index (κ1) is 22.8. The fourth-order valence-electron chi connectivity index (χ4n) is 4.32. The van der Waals surface area contributed by atoms with Gasteiger partial charge < -0.3 is 20.4 Å². The number of aryl methyl sites for hydroxylation is 1. The summed E-state index contributed by atoms with van der Waals surface area (Å²) in [6.07, 6.45) is -2.61. The molecule has 3 N–H and O–H groups in total. The number of aromatic nitrogens is 2. The number of piperidine rings is 1. The summed E-state index contributed by atoms with van der Waals surface area (Å²) in [5.74, 6) is 0.131. The number of rotatable bonds is 6. The van der Waals surface area contributed by atoms with Crippen LogP contribution in [0.5, 0.6) is 5.75 Å². The number of halogens is 3.